The Morgan fingerprint density at radius 2 is 2.06 bits per heavy atom. The van der Waals surface area contributed by atoms with Gasteiger partial charge < -0.3 is 5.32 Å². The first kappa shape index (κ1) is 14.0. The zero-order chi connectivity index (χ0) is 13.0. The quantitative estimate of drug-likeness (QED) is 0.845. The molecule has 1 saturated carbocycles. The fraction of sp³-hybridized carbons (Fsp3) is 0.800. The molecule has 1 heterocycles. The third-order valence-corrected chi connectivity index (χ3v) is 5.40. The van der Waals surface area contributed by atoms with Gasteiger partial charge in [0, 0.05) is 16.8 Å². The van der Waals surface area contributed by atoms with Crippen LogP contribution in [0.4, 0.5) is 0 Å². The molecule has 2 rings (SSSR count). The van der Waals surface area contributed by atoms with Gasteiger partial charge in [0.25, 0.3) is 0 Å². The second-order valence-corrected chi connectivity index (χ2v) is 6.57. The van der Waals surface area contributed by atoms with E-state index in [-0.39, 0.29) is 0 Å². The van der Waals surface area contributed by atoms with Crippen LogP contribution in [0.25, 0.3) is 0 Å². The van der Waals surface area contributed by atoms with Gasteiger partial charge in [0.05, 0.1) is 10.7 Å². The minimum absolute atomic E-state index is 0.458. The predicted octanol–water partition coefficient (Wildman–Crippen LogP) is 4.56. The van der Waals surface area contributed by atoms with Crippen molar-refractivity contribution in [3.63, 3.8) is 0 Å². The Bertz CT molecular complexity index is 367. The maximum atomic E-state index is 4.84. The topological polar surface area (TPSA) is 24.9 Å². The molecule has 0 aliphatic heterocycles. The first-order valence-electron chi connectivity index (χ1n) is 7.43. The van der Waals surface area contributed by atoms with Crippen molar-refractivity contribution in [3.05, 3.63) is 15.6 Å². The van der Waals surface area contributed by atoms with E-state index in [4.69, 9.17) is 4.98 Å². The first-order chi connectivity index (χ1) is 8.72. The summed E-state index contributed by atoms with van der Waals surface area (Å²) in [6, 6.07) is 0.458. The van der Waals surface area contributed by atoms with Gasteiger partial charge in [-0.3, -0.25) is 0 Å². The van der Waals surface area contributed by atoms with Gasteiger partial charge in [0.15, 0.2) is 0 Å². The summed E-state index contributed by atoms with van der Waals surface area (Å²) in [5, 5.41) is 4.97. The normalized spacial score (nSPS) is 19.1. The molecule has 1 aliphatic carbocycles. The minimum Gasteiger partial charge on any atom is -0.309 e. The molecule has 0 amide bonds. The smallest absolute Gasteiger partial charge is 0.0962 e. The van der Waals surface area contributed by atoms with E-state index in [1.807, 2.05) is 11.3 Å². The summed E-state index contributed by atoms with van der Waals surface area (Å²) >= 11 is 1.95. The van der Waals surface area contributed by atoms with E-state index in [1.165, 1.54) is 54.1 Å². The lowest BCUT2D eigenvalue weighted by molar-refractivity contribution is 0.442. The summed E-state index contributed by atoms with van der Waals surface area (Å²) in [7, 11) is 0. The van der Waals surface area contributed by atoms with Crippen molar-refractivity contribution in [1.29, 1.82) is 0 Å². The molecule has 1 aromatic rings. The monoisotopic (exact) mass is 266 g/mol. The molecular formula is C15H26N2S. The van der Waals surface area contributed by atoms with Crippen molar-refractivity contribution in [3.8, 4) is 0 Å². The minimum atomic E-state index is 0.458. The number of thiazole rings is 1. The van der Waals surface area contributed by atoms with Crippen LogP contribution in [0, 0.1) is 6.92 Å². The number of hydrogen-bond acceptors (Lipinski definition) is 3. The summed E-state index contributed by atoms with van der Waals surface area (Å²) in [5.41, 5.74) is 1.25. The van der Waals surface area contributed by atoms with Crippen LogP contribution in [0.5, 0.6) is 0 Å². The van der Waals surface area contributed by atoms with Gasteiger partial charge in [-0.2, -0.15) is 0 Å². The number of nitrogens with zero attached hydrogens (tertiary/aromatic N) is 1. The van der Waals surface area contributed by atoms with Crippen LogP contribution in [0.1, 0.15) is 79.9 Å². The van der Waals surface area contributed by atoms with E-state index in [0.717, 1.165) is 12.5 Å². The molecule has 1 N–H and O–H groups in total. The second-order valence-electron chi connectivity index (χ2n) is 5.51. The van der Waals surface area contributed by atoms with Gasteiger partial charge in [0.1, 0.15) is 0 Å². The molecule has 0 saturated heterocycles. The molecule has 0 radical (unpaired) electrons. The maximum Gasteiger partial charge on any atom is 0.0962 e. The Labute approximate surface area is 115 Å². The average molecular weight is 266 g/mol. The SMILES string of the molecule is CCCNC(C)c1sc(C2CCCCC2)nc1C. The first-order valence-corrected chi connectivity index (χ1v) is 8.24. The number of nitrogens with one attached hydrogen (secondary N) is 1. The molecule has 0 aromatic carbocycles. The summed E-state index contributed by atoms with van der Waals surface area (Å²) in [5.74, 6) is 0.745. The molecule has 1 aliphatic rings. The standard InChI is InChI=1S/C15H26N2S/c1-4-10-16-11(2)14-12(3)17-15(18-14)13-8-6-5-7-9-13/h11,13,16H,4-10H2,1-3H3. The lowest BCUT2D eigenvalue weighted by Crippen LogP contribution is -2.18. The van der Waals surface area contributed by atoms with Crippen LogP contribution >= 0.6 is 11.3 Å². The van der Waals surface area contributed by atoms with Crippen molar-refractivity contribution < 1.29 is 0 Å². The fourth-order valence-corrected chi connectivity index (χ4v) is 4.07. The summed E-state index contributed by atoms with van der Waals surface area (Å²) < 4.78 is 0. The summed E-state index contributed by atoms with van der Waals surface area (Å²) in [6.45, 7) is 7.74. The van der Waals surface area contributed by atoms with Gasteiger partial charge in [-0.05, 0) is 39.7 Å². The Morgan fingerprint density at radius 1 is 1.33 bits per heavy atom. The Hall–Kier alpha value is -0.410. The van der Waals surface area contributed by atoms with E-state index in [1.54, 1.807) is 0 Å². The Balaban J connectivity index is 2.05. The lowest BCUT2D eigenvalue weighted by atomic mass is 9.90. The molecule has 2 nitrogen and oxygen atoms in total. The Kier molecular flexibility index (Phi) is 5.19. The molecule has 1 fully saturated rings. The highest BCUT2D eigenvalue weighted by Gasteiger charge is 2.21. The van der Waals surface area contributed by atoms with E-state index in [2.05, 4.69) is 26.1 Å². The van der Waals surface area contributed by atoms with Gasteiger partial charge in [-0.1, -0.05) is 26.2 Å². The fourth-order valence-electron chi connectivity index (χ4n) is 2.81. The van der Waals surface area contributed by atoms with Crippen molar-refractivity contribution in [2.45, 2.75) is 71.3 Å². The molecule has 0 spiro atoms. The third kappa shape index (κ3) is 3.33. The van der Waals surface area contributed by atoms with Crippen molar-refractivity contribution >= 4 is 11.3 Å². The molecule has 102 valence electrons. The zero-order valence-electron chi connectivity index (χ0n) is 12.0. The molecule has 0 bridgehead atoms. The number of hydrogen-bond donors (Lipinski definition) is 1. The van der Waals surface area contributed by atoms with Crippen molar-refractivity contribution in [1.82, 2.24) is 10.3 Å². The van der Waals surface area contributed by atoms with Crippen LogP contribution in [-0.2, 0) is 0 Å². The van der Waals surface area contributed by atoms with Crippen LogP contribution < -0.4 is 5.32 Å². The van der Waals surface area contributed by atoms with E-state index >= 15 is 0 Å². The average Bonchev–Trinajstić information content (AvgIpc) is 2.79. The summed E-state index contributed by atoms with van der Waals surface area (Å²) in [6.07, 6.45) is 8.09. The van der Waals surface area contributed by atoms with Crippen LogP contribution in [0.15, 0.2) is 0 Å². The zero-order valence-corrected chi connectivity index (χ0v) is 12.8. The van der Waals surface area contributed by atoms with E-state index < -0.39 is 0 Å². The Morgan fingerprint density at radius 3 is 2.72 bits per heavy atom. The molecule has 18 heavy (non-hydrogen) atoms. The van der Waals surface area contributed by atoms with Crippen LogP contribution in [0.3, 0.4) is 0 Å². The highest BCUT2D eigenvalue weighted by Crippen LogP contribution is 2.37. The van der Waals surface area contributed by atoms with Crippen LogP contribution in [0.2, 0.25) is 0 Å². The largest absolute Gasteiger partial charge is 0.309 e. The van der Waals surface area contributed by atoms with E-state index in [9.17, 15) is 0 Å². The highest BCUT2D eigenvalue weighted by molar-refractivity contribution is 7.11. The van der Waals surface area contributed by atoms with Crippen LogP contribution in [-0.4, -0.2) is 11.5 Å². The summed E-state index contributed by atoms with van der Waals surface area (Å²) in [4.78, 5) is 6.29. The molecule has 1 aromatic heterocycles. The number of aryl methyl sites for hydroxylation is 1. The highest BCUT2D eigenvalue weighted by atomic mass is 32.1. The van der Waals surface area contributed by atoms with Crippen molar-refractivity contribution in [2.75, 3.05) is 6.54 Å². The van der Waals surface area contributed by atoms with E-state index in [0.29, 0.717) is 6.04 Å². The molecule has 1 unspecified atom stereocenters. The number of rotatable bonds is 5. The van der Waals surface area contributed by atoms with Gasteiger partial charge in [0.2, 0.25) is 0 Å². The maximum absolute atomic E-state index is 4.84. The second kappa shape index (κ2) is 6.67. The van der Waals surface area contributed by atoms with Crippen molar-refractivity contribution in [2.24, 2.45) is 0 Å². The van der Waals surface area contributed by atoms with Gasteiger partial charge in [-0.25, -0.2) is 4.98 Å². The molecule has 3 heteroatoms. The molecule has 1 atom stereocenters. The lowest BCUT2D eigenvalue weighted by Gasteiger charge is -2.19. The van der Waals surface area contributed by atoms with Gasteiger partial charge in [-0.15, -0.1) is 11.3 Å². The third-order valence-electron chi connectivity index (χ3n) is 3.90. The van der Waals surface area contributed by atoms with Gasteiger partial charge >= 0.3 is 0 Å². The predicted molar refractivity (Wildman–Crippen MR) is 79.4 cm³/mol. The molecular weight excluding hydrogens is 240 g/mol. The number of aromatic nitrogens is 1.